The number of amides is 1. The molecule has 0 unspecified atom stereocenters. The lowest BCUT2D eigenvalue weighted by molar-refractivity contribution is -0.125. The van der Waals surface area contributed by atoms with Crippen molar-refractivity contribution in [1.29, 1.82) is 0 Å². The van der Waals surface area contributed by atoms with E-state index in [9.17, 15) is 4.79 Å². The predicted octanol–water partition coefficient (Wildman–Crippen LogP) is 1.70. The quantitative estimate of drug-likeness (QED) is 0.550. The molecule has 0 atom stereocenters. The number of nitrogens with zero attached hydrogens (tertiary/aromatic N) is 1. The van der Waals surface area contributed by atoms with E-state index in [1.807, 2.05) is 31.4 Å². The number of rotatable bonds is 2. The smallest absolute Gasteiger partial charge is 0.226 e. The molecule has 1 fully saturated rings. The summed E-state index contributed by atoms with van der Waals surface area (Å²) in [5, 5.41) is 0. The van der Waals surface area contributed by atoms with Crippen LogP contribution in [0.3, 0.4) is 0 Å². The Kier molecular flexibility index (Phi) is 2.90. The highest BCUT2D eigenvalue weighted by Gasteiger charge is 2.16. The average molecular weight is 151 g/mol. The van der Waals surface area contributed by atoms with Crippen LogP contribution in [-0.2, 0) is 4.79 Å². The summed E-state index contributed by atoms with van der Waals surface area (Å²) >= 11 is 0. The Morgan fingerprint density at radius 2 is 2.27 bits per heavy atom. The first-order chi connectivity index (χ1) is 5.34. The molecule has 1 rings (SSSR count). The fourth-order valence-corrected chi connectivity index (χ4v) is 1.09. The first kappa shape index (κ1) is 8.05. The van der Waals surface area contributed by atoms with Gasteiger partial charge < -0.3 is 4.90 Å². The molecule has 1 heterocycles. The summed E-state index contributed by atoms with van der Waals surface area (Å²) in [7, 11) is 0. The Labute approximate surface area is 67.2 Å². The zero-order chi connectivity index (χ0) is 8.10. The Hall–Kier alpha value is -1.05. The van der Waals surface area contributed by atoms with Crippen LogP contribution >= 0.6 is 0 Å². The van der Waals surface area contributed by atoms with Gasteiger partial charge in [-0.3, -0.25) is 4.79 Å². The van der Waals surface area contributed by atoms with E-state index in [4.69, 9.17) is 0 Å². The van der Waals surface area contributed by atoms with Gasteiger partial charge in [-0.1, -0.05) is 12.2 Å². The topological polar surface area (TPSA) is 20.3 Å². The van der Waals surface area contributed by atoms with Crippen molar-refractivity contribution < 1.29 is 4.79 Å². The van der Waals surface area contributed by atoms with Crippen molar-refractivity contribution in [2.75, 3.05) is 6.54 Å². The van der Waals surface area contributed by atoms with Crippen LogP contribution in [0.25, 0.3) is 0 Å². The van der Waals surface area contributed by atoms with Gasteiger partial charge in [-0.25, -0.2) is 0 Å². The SMILES string of the molecule is CC=CC=CN1CCCC1=O. The minimum Gasteiger partial charge on any atom is -0.319 e. The summed E-state index contributed by atoms with van der Waals surface area (Å²) in [5.41, 5.74) is 0. The minimum atomic E-state index is 0.241. The maximum absolute atomic E-state index is 11.0. The number of hydrogen-bond acceptors (Lipinski definition) is 1. The summed E-state index contributed by atoms with van der Waals surface area (Å²) in [6, 6.07) is 0. The van der Waals surface area contributed by atoms with Crippen LogP contribution in [0.4, 0.5) is 0 Å². The van der Waals surface area contributed by atoms with Crippen molar-refractivity contribution in [3.63, 3.8) is 0 Å². The Morgan fingerprint density at radius 1 is 1.45 bits per heavy atom. The Balaban J connectivity index is 2.42. The van der Waals surface area contributed by atoms with Gasteiger partial charge in [0.25, 0.3) is 0 Å². The molecule has 0 aromatic carbocycles. The Bertz CT molecular complexity index is 194. The van der Waals surface area contributed by atoms with Gasteiger partial charge in [0.2, 0.25) is 5.91 Å². The van der Waals surface area contributed by atoms with Gasteiger partial charge in [0.05, 0.1) is 0 Å². The molecule has 1 saturated heterocycles. The molecule has 1 aliphatic rings. The van der Waals surface area contributed by atoms with Crippen molar-refractivity contribution in [3.05, 3.63) is 24.4 Å². The standard InChI is InChI=1S/C9H13NO/c1-2-3-4-7-10-8-5-6-9(10)11/h2-4,7H,5-6,8H2,1H3. The fourth-order valence-electron chi connectivity index (χ4n) is 1.09. The molecule has 1 amide bonds. The zero-order valence-electron chi connectivity index (χ0n) is 6.79. The van der Waals surface area contributed by atoms with E-state index in [2.05, 4.69) is 0 Å². The predicted molar refractivity (Wildman–Crippen MR) is 44.9 cm³/mol. The second kappa shape index (κ2) is 3.96. The van der Waals surface area contributed by atoms with Crippen LogP contribution in [0.1, 0.15) is 19.8 Å². The minimum absolute atomic E-state index is 0.241. The molecule has 0 spiro atoms. The zero-order valence-corrected chi connectivity index (χ0v) is 6.79. The number of carbonyl (C=O) groups excluding carboxylic acids is 1. The van der Waals surface area contributed by atoms with Crippen molar-refractivity contribution in [2.24, 2.45) is 0 Å². The van der Waals surface area contributed by atoms with E-state index in [1.54, 1.807) is 4.90 Å². The molecule has 0 saturated carbocycles. The van der Waals surface area contributed by atoms with Crippen LogP contribution in [0, 0.1) is 0 Å². The maximum Gasteiger partial charge on any atom is 0.226 e. The molecule has 1 aliphatic heterocycles. The van der Waals surface area contributed by atoms with Crippen LogP contribution in [0.5, 0.6) is 0 Å². The van der Waals surface area contributed by atoms with Gasteiger partial charge in [0.1, 0.15) is 0 Å². The number of hydrogen-bond donors (Lipinski definition) is 0. The summed E-state index contributed by atoms with van der Waals surface area (Å²) in [6.45, 7) is 2.84. The highest BCUT2D eigenvalue weighted by atomic mass is 16.2. The molecule has 0 aliphatic carbocycles. The normalized spacial score (nSPS) is 19.4. The third-order valence-electron chi connectivity index (χ3n) is 1.68. The van der Waals surface area contributed by atoms with Crippen LogP contribution in [-0.4, -0.2) is 17.4 Å². The monoisotopic (exact) mass is 151 g/mol. The van der Waals surface area contributed by atoms with Crippen LogP contribution in [0.2, 0.25) is 0 Å². The summed E-state index contributed by atoms with van der Waals surface area (Å²) in [5.74, 6) is 0.241. The van der Waals surface area contributed by atoms with E-state index in [1.165, 1.54) is 0 Å². The second-order valence-electron chi connectivity index (χ2n) is 2.56. The second-order valence-corrected chi connectivity index (χ2v) is 2.56. The average Bonchev–Trinajstić information content (AvgIpc) is 2.37. The Morgan fingerprint density at radius 3 is 2.82 bits per heavy atom. The first-order valence-corrected chi connectivity index (χ1v) is 3.93. The lowest BCUT2D eigenvalue weighted by Gasteiger charge is -2.06. The largest absolute Gasteiger partial charge is 0.319 e. The highest BCUT2D eigenvalue weighted by Crippen LogP contribution is 2.09. The first-order valence-electron chi connectivity index (χ1n) is 3.93. The van der Waals surface area contributed by atoms with Gasteiger partial charge in [0, 0.05) is 19.2 Å². The van der Waals surface area contributed by atoms with Crippen molar-refractivity contribution in [1.82, 2.24) is 4.90 Å². The van der Waals surface area contributed by atoms with Gasteiger partial charge in [-0.2, -0.15) is 0 Å². The molecular formula is C9H13NO. The molecule has 2 heteroatoms. The molecule has 0 aromatic rings. The van der Waals surface area contributed by atoms with Crippen molar-refractivity contribution in [2.45, 2.75) is 19.8 Å². The van der Waals surface area contributed by atoms with Gasteiger partial charge in [0.15, 0.2) is 0 Å². The summed E-state index contributed by atoms with van der Waals surface area (Å²) < 4.78 is 0. The molecule has 0 aromatic heterocycles. The van der Waals surface area contributed by atoms with E-state index >= 15 is 0 Å². The van der Waals surface area contributed by atoms with E-state index in [0.29, 0.717) is 6.42 Å². The van der Waals surface area contributed by atoms with Gasteiger partial charge >= 0.3 is 0 Å². The highest BCUT2D eigenvalue weighted by molar-refractivity contribution is 5.79. The third kappa shape index (κ3) is 2.22. The molecule has 0 N–H and O–H groups in total. The van der Waals surface area contributed by atoms with Gasteiger partial charge in [-0.15, -0.1) is 0 Å². The van der Waals surface area contributed by atoms with E-state index in [-0.39, 0.29) is 5.91 Å². The molecule has 60 valence electrons. The van der Waals surface area contributed by atoms with Crippen LogP contribution < -0.4 is 0 Å². The summed E-state index contributed by atoms with van der Waals surface area (Å²) in [6.07, 6.45) is 9.31. The summed E-state index contributed by atoms with van der Waals surface area (Å²) in [4.78, 5) is 12.8. The molecule has 11 heavy (non-hydrogen) atoms. The molecule has 0 bridgehead atoms. The number of likely N-dealkylation sites (tertiary alicyclic amines) is 1. The van der Waals surface area contributed by atoms with Crippen LogP contribution in [0.15, 0.2) is 24.4 Å². The number of allylic oxidation sites excluding steroid dienone is 3. The van der Waals surface area contributed by atoms with E-state index < -0.39 is 0 Å². The third-order valence-corrected chi connectivity index (χ3v) is 1.68. The molecular weight excluding hydrogens is 138 g/mol. The lowest BCUT2D eigenvalue weighted by atomic mass is 10.4. The molecule has 0 radical (unpaired) electrons. The van der Waals surface area contributed by atoms with Gasteiger partial charge in [-0.05, 0) is 19.4 Å². The maximum atomic E-state index is 11.0. The van der Waals surface area contributed by atoms with E-state index in [0.717, 1.165) is 13.0 Å². The number of carbonyl (C=O) groups is 1. The fraction of sp³-hybridized carbons (Fsp3) is 0.444. The lowest BCUT2D eigenvalue weighted by Crippen LogP contribution is -2.16. The van der Waals surface area contributed by atoms with Crippen molar-refractivity contribution in [3.8, 4) is 0 Å². The molecule has 2 nitrogen and oxygen atoms in total. The van der Waals surface area contributed by atoms with Crippen molar-refractivity contribution >= 4 is 5.91 Å².